The molecule has 1 aromatic rings. The standard InChI is InChI=1S/C12H17ClN6O3/c1-3-8(20)18-19-9(21)4-5-15-10-7(6-14)16-12(13)17-11(10)22-2/h6,14-15H,3-5H2,1-2H3,(H,18,20)(H,19,21). The Bertz CT molecular complexity index is 566. The number of amides is 2. The molecule has 0 fully saturated rings. The highest BCUT2D eigenvalue weighted by atomic mass is 35.5. The Hall–Kier alpha value is -2.42. The molecule has 0 aromatic carbocycles. The van der Waals surface area contributed by atoms with Crippen LogP contribution in [0, 0.1) is 5.41 Å². The normalized spacial score (nSPS) is 9.77. The van der Waals surface area contributed by atoms with Crippen molar-refractivity contribution in [1.29, 1.82) is 5.41 Å². The van der Waals surface area contributed by atoms with Crippen LogP contribution in [0.15, 0.2) is 0 Å². The van der Waals surface area contributed by atoms with E-state index in [1.54, 1.807) is 6.92 Å². The Kier molecular flexibility index (Phi) is 7.03. The fraction of sp³-hybridized carbons (Fsp3) is 0.417. The van der Waals surface area contributed by atoms with Gasteiger partial charge in [0.1, 0.15) is 11.4 Å². The SMILES string of the molecule is CCC(=O)NNC(=O)CCNc1c(C=N)nc(Cl)nc1OC. The van der Waals surface area contributed by atoms with E-state index in [4.69, 9.17) is 21.7 Å². The Labute approximate surface area is 132 Å². The van der Waals surface area contributed by atoms with Crippen molar-refractivity contribution >= 4 is 35.3 Å². The van der Waals surface area contributed by atoms with Gasteiger partial charge in [-0.15, -0.1) is 0 Å². The van der Waals surface area contributed by atoms with Crippen LogP contribution in [-0.4, -0.2) is 41.7 Å². The fourth-order valence-corrected chi connectivity index (χ4v) is 1.61. The van der Waals surface area contributed by atoms with Crippen LogP contribution < -0.4 is 20.9 Å². The van der Waals surface area contributed by atoms with Gasteiger partial charge in [-0.1, -0.05) is 6.92 Å². The first-order valence-corrected chi connectivity index (χ1v) is 6.83. The highest BCUT2D eigenvalue weighted by molar-refractivity contribution is 6.28. The summed E-state index contributed by atoms with van der Waals surface area (Å²) in [5, 5.41) is 10.2. The summed E-state index contributed by atoms with van der Waals surface area (Å²) < 4.78 is 5.06. The molecule has 1 heterocycles. The van der Waals surface area contributed by atoms with Crippen LogP contribution in [0.4, 0.5) is 5.69 Å². The highest BCUT2D eigenvalue weighted by Crippen LogP contribution is 2.25. The van der Waals surface area contributed by atoms with Gasteiger partial charge in [-0.2, -0.15) is 4.98 Å². The summed E-state index contributed by atoms with van der Waals surface area (Å²) in [5.41, 5.74) is 5.16. The smallest absolute Gasteiger partial charge is 0.242 e. The third-order valence-corrected chi connectivity index (χ3v) is 2.69. The number of carbonyl (C=O) groups excluding carboxylic acids is 2. The Morgan fingerprint density at radius 2 is 2.00 bits per heavy atom. The highest BCUT2D eigenvalue weighted by Gasteiger charge is 2.13. The van der Waals surface area contributed by atoms with Crippen molar-refractivity contribution in [3.8, 4) is 5.88 Å². The van der Waals surface area contributed by atoms with Crippen LogP contribution in [0.25, 0.3) is 0 Å². The van der Waals surface area contributed by atoms with Crippen LogP contribution >= 0.6 is 11.6 Å². The van der Waals surface area contributed by atoms with Crippen LogP contribution in [0.2, 0.25) is 5.28 Å². The van der Waals surface area contributed by atoms with E-state index < -0.39 is 0 Å². The maximum Gasteiger partial charge on any atom is 0.242 e. The van der Waals surface area contributed by atoms with Gasteiger partial charge in [0.2, 0.25) is 23.0 Å². The minimum absolute atomic E-state index is 0.0408. The van der Waals surface area contributed by atoms with E-state index in [1.807, 2.05) is 0 Å². The van der Waals surface area contributed by atoms with Gasteiger partial charge in [0.25, 0.3) is 0 Å². The molecular formula is C12H17ClN6O3. The van der Waals surface area contributed by atoms with Gasteiger partial charge in [0, 0.05) is 25.6 Å². The van der Waals surface area contributed by atoms with Crippen molar-refractivity contribution in [2.24, 2.45) is 0 Å². The van der Waals surface area contributed by atoms with Crippen LogP contribution in [0.3, 0.4) is 0 Å². The molecule has 10 heteroatoms. The van der Waals surface area contributed by atoms with Gasteiger partial charge in [-0.05, 0) is 11.6 Å². The van der Waals surface area contributed by atoms with E-state index in [1.165, 1.54) is 7.11 Å². The summed E-state index contributed by atoms with van der Waals surface area (Å²) in [4.78, 5) is 30.3. The zero-order valence-corrected chi connectivity index (χ0v) is 13.0. The molecule has 2 amide bonds. The summed E-state index contributed by atoms with van der Waals surface area (Å²) in [6, 6.07) is 0. The number of hydrogen-bond acceptors (Lipinski definition) is 7. The Balaban J connectivity index is 2.59. The zero-order valence-electron chi connectivity index (χ0n) is 12.2. The van der Waals surface area contributed by atoms with E-state index in [0.29, 0.717) is 5.69 Å². The topological polar surface area (TPSA) is 129 Å². The predicted octanol–water partition coefficient (Wildman–Crippen LogP) is 0.496. The molecule has 0 bridgehead atoms. The lowest BCUT2D eigenvalue weighted by atomic mass is 10.3. The number of hydrazine groups is 1. The minimum Gasteiger partial charge on any atom is -0.479 e. The summed E-state index contributed by atoms with van der Waals surface area (Å²) in [6.07, 6.45) is 1.37. The van der Waals surface area contributed by atoms with Gasteiger partial charge in [-0.3, -0.25) is 20.4 Å². The van der Waals surface area contributed by atoms with Gasteiger partial charge in [0.15, 0.2) is 0 Å². The molecule has 120 valence electrons. The molecule has 0 aliphatic rings. The summed E-state index contributed by atoms with van der Waals surface area (Å²) >= 11 is 5.71. The third kappa shape index (κ3) is 5.17. The monoisotopic (exact) mass is 328 g/mol. The first-order chi connectivity index (χ1) is 10.5. The van der Waals surface area contributed by atoms with E-state index in [9.17, 15) is 9.59 Å². The van der Waals surface area contributed by atoms with Crippen molar-refractivity contribution in [3.05, 3.63) is 11.0 Å². The number of nitrogens with zero attached hydrogens (tertiary/aromatic N) is 2. The molecule has 1 rings (SSSR count). The summed E-state index contributed by atoms with van der Waals surface area (Å²) in [5.74, 6) is -0.460. The maximum absolute atomic E-state index is 11.5. The average Bonchev–Trinajstić information content (AvgIpc) is 2.52. The fourth-order valence-electron chi connectivity index (χ4n) is 1.44. The van der Waals surface area contributed by atoms with E-state index in [2.05, 4.69) is 26.1 Å². The molecule has 0 aliphatic heterocycles. The second-order valence-corrected chi connectivity index (χ2v) is 4.37. The number of rotatable bonds is 7. The molecule has 9 nitrogen and oxygen atoms in total. The molecule has 1 aromatic heterocycles. The number of methoxy groups -OCH3 is 1. The quantitative estimate of drug-likeness (QED) is 0.327. The van der Waals surface area contributed by atoms with Crippen molar-refractivity contribution in [2.45, 2.75) is 19.8 Å². The minimum atomic E-state index is -0.362. The molecule has 0 unspecified atom stereocenters. The van der Waals surface area contributed by atoms with E-state index >= 15 is 0 Å². The predicted molar refractivity (Wildman–Crippen MR) is 81.2 cm³/mol. The Morgan fingerprint density at radius 3 is 2.59 bits per heavy atom. The summed E-state index contributed by atoms with van der Waals surface area (Å²) in [7, 11) is 1.41. The van der Waals surface area contributed by atoms with Crippen molar-refractivity contribution in [2.75, 3.05) is 19.0 Å². The van der Waals surface area contributed by atoms with Crippen LogP contribution in [-0.2, 0) is 9.59 Å². The van der Waals surface area contributed by atoms with E-state index in [-0.39, 0.29) is 48.1 Å². The Morgan fingerprint density at radius 1 is 1.32 bits per heavy atom. The number of ether oxygens (including phenoxy) is 1. The van der Waals surface area contributed by atoms with Crippen molar-refractivity contribution < 1.29 is 14.3 Å². The average molecular weight is 329 g/mol. The summed E-state index contributed by atoms with van der Waals surface area (Å²) in [6.45, 7) is 1.91. The van der Waals surface area contributed by atoms with Gasteiger partial charge in [0.05, 0.1) is 7.11 Å². The molecule has 0 radical (unpaired) electrons. The van der Waals surface area contributed by atoms with Gasteiger partial charge >= 0.3 is 0 Å². The van der Waals surface area contributed by atoms with Crippen molar-refractivity contribution in [1.82, 2.24) is 20.8 Å². The third-order valence-electron chi connectivity index (χ3n) is 2.52. The second kappa shape index (κ2) is 8.78. The van der Waals surface area contributed by atoms with Gasteiger partial charge in [-0.25, -0.2) is 4.98 Å². The van der Waals surface area contributed by atoms with Crippen LogP contribution in [0.5, 0.6) is 5.88 Å². The number of carbonyl (C=O) groups is 2. The first kappa shape index (κ1) is 17.6. The largest absolute Gasteiger partial charge is 0.479 e. The first-order valence-electron chi connectivity index (χ1n) is 6.45. The number of nitrogens with one attached hydrogen (secondary N) is 4. The zero-order chi connectivity index (χ0) is 16.5. The number of hydrogen-bond donors (Lipinski definition) is 4. The lowest BCUT2D eigenvalue weighted by molar-refractivity contribution is -0.128. The van der Waals surface area contributed by atoms with Gasteiger partial charge < -0.3 is 15.5 Å². The maximum atomic E-state index is 11.5. The number of halogens is 1. The molecule has 4 N–H and O–H groups in total. The molecular weight excluding hydrogens is 312 g/mol. The van der Waals surface area contributed by atoms with Crippen molar-refractivity contribution in [3.63, 3.8) is 0 Å². The van der Waals surface area contributed by atoms with E-state index in [0.717, 1.165) is 6.21 Å². The molecule has 22 heavy (non-hydrogen) atoms. The molecule has 0 saturated carbocycles. The molecule has 0 atom stereocenters. The number of anilines is 1. The molecule has 0 aliphatic carbocycles. The molecule has 0 saturated heterocycles. The second-order valence-electron chi connectivity index (χ2n) is 4.03. The number of aromatic nitrogens is 2. The molecule has 0 spiro atoms. The lowest BCUT2D eigenvalue weighted by Gasteiger charge is -2.12. The lowest BCUT2D eigenvalue weighted by Crippen LogP contribution is -2.41. The van der Waals surface area contributed by atoms with Crippen LogP contribution in [0.1, 0.15) is 25.5 Å².